The number of halogens is 1. The number of nitrogens with zero attached hydrogens (tertiary/aromatic N) is 3. The highest BCUT2D eigenvalue weighted by atomic mass is 19.1. The maximum absolute atomic E-state index is 13.2. The fourth-order valence-electron chi connectivity index (χ4n) is 3.10. The van der Waals surface area contributed by atoms with Gasteiger partial charge in [-0.2, -0.15) is 0 Å². The number of aromatic nitrogens is 3. The number of ether oxygens (including phenoxy) is 1. The van der Waals surface area contributed by atoms with Crippen LogP contribution in [0.3, 0.4) is 0 Å². The average Bonchev–Trinajstić information content (AvgIpc) is 3.30. The molecule has 3 aromatic carbocycles. The number of esters is 1. The molecular formula is C24H19FN4O3. The predicted octanol–water partition coefficient (Wildman–Crippen LogP) is 4.50. The molecular weight excluding hydrogens is 411 g/mol. The van der Waals surface area contributed by atoms with Gasteiger partial charge < -0.3 is 10.1 Å². The Kier molecular flexibility index (Phi) is 6.03. The van der Waals surface area contributed by atoms with Gasteiger partial charge >= 0.3 is 5.97 Å². The van der Waals surface area contributed by atoms with Crippen molar-refractivity contribution in [1.82, 2.24) is 15.0 Å². The number of carbonyl (C=O) groups is 2. The number of anilines is 1. The van der Waals surface area contributed by atoms with Crippen LogP contribution in [0.15, 0.2) is 79.0 Å². The van der Waals surface area contributed by atoms with Crippen molar-refractivity contribution in [1.29, 1.82) is 0 Å². The van der Waals surface area contributed by atoms with Gasteiger partial charge in [0.05, 0.1) is 29.7 Å². The first-order valence-corrected chi connectivity index (χ1v) is 9.91. The lowest BCUT2D eigenvalue weighted by Crippen LogP contribution is -2.12. The van der Waals surface area contributed by atoms with Crippen molar-refractivity contribution in [2.45, 2.75) is 6.92 Å². The van der Waals surface area contributed by atoms with E-state index in [1.807, 2.05) is 0 Å². The Hall–Kier alpha value is -4.33. The minimum atomic E-state index is -0.408. The lowest BCUT2D eigenvalue weighted by Gasteiger charge is -2.09. The molecule has 32 heavy (non-hydrogen) atoms. The van der Waals surface area contributed by atoms with E-state index in [0.717, 1.165) is 5.56 Å². The molecule has 0 atom stereocenters. The van der Waals surface area contributed by atoms with Crippen LogP contribution in [0, 0.1) is 5.82 Å². The van der Waals surface area contributed by atoms with Gasteiger partial charge in [-0.15, -0.1) is 5.10 Å². The highest BCUT2D eigenvalue weighted by molar-refractivity contribution is 6.04. The number of nitrogens with one attached hydrogen (secondary N) is 1. The van der Waals surface area contributed by atoms with Gasteiger partial charge in [0.15, 0.2) is 0 Å². The first kappa shape index (κ1) is 20.9. The molecule has 0 bridgehead atoms. The number of amides is 1. The van der Waals surface area contributed by atoms with Gasteiger partial charge in [-0.3, -0.25) is 4.79 Å². The summed E-state index contributed by atoms with van der Waals surface area (Å²) in [6.07, 6.45) is 1.59. The van der Waals surface area contributed by atoms with E-state index < -0.39 is 5.97 Å². The standard InChI is InChI=1S/C24H19FN4O3/c1-2-32-24(31)18-5-11-20(12-6-18)27-23(30)17-7-13-21(14-8-17)29-22(15-26-28-29)16-3-9-19(25)10-4-16/h3-15H,2H2,1H3,(H,27,30). The van der Waals surface area contributed by atoms with Crippen molar-refractivity contribution < 1.29 is 18.7 Å². The summed E-state index contributed by atoms with van der Waals surface area (Å²) in [5, 5.41) is 10.8. The maximum Gasteiger partial charge on any atom is 0.338 e. The molecule has 0 aliphatic carbocycles. The van der Waals surface area contributed by atoms with E-state index in [1.54, 1.807) is 78.5 Å². The third-order valence-corrected chi connectivity index (χ3v) is 4.72. The molecule has 1 aromatic heterocycles. The van der Waals surface area contributed by atoms with Crippen LogP contribution in [0.5, 0.6) is 0 Å². The molecule has 1 heterocycles. The summed E-state index contributed by atoms with van der Waals surface area (Å²) >= 11 is 0. The van der Waals surface area contributed by atoms with Crippen molar-refractivity contribution >= 4 is 17.6 Å². The average molecular weight is 430 g/mol. The summed E-state index contributed by atoms with van der Waals surface area (Å²) in [6, 6.07) is 19.4. The SMILES string of the molecule is CCOC(=O)c1ccc(NC(=O)c2ccc(-n3nncc3-c3ccc(F)cc3)cc2)cc1. The maximum atomic E-state index is 13.2. The second-order valence-corrected chi connectivity index (χ2v) is 6.84. The zero-order chi connectivity index (χ0) is 22.5. The van der Waals surface area contributed by atoms with Gasteiger partial charge in [0.1, 0.15) is 5.82 Å². The highest BCUT2D eigenvalue weighted by Crippen LogP contribution is 2.22. The second-order valence-electron chi connectivity index (χ2n) is 6.84. The molecule has 0 radical (unpaired) electrons. The Bertz CT molecular complexity index is 1230. The van der Waals surface area contributed by atoms with Gasteiger partial charge in [-0.1, -0.05) is 5.21 Å². The molecule has 0 aliphatic rings. The largest absolute Gasteiger partial charge is 0.462 e. The van der Waals surface area contributed by atoms with Crippen molar-refractivity contribution in [2.24, 2.45) is 0 Å². The molecule has 0 unspecified atom stereocenters. The smallest absolute Gasteiger partial charge is 0.338 e. The van der Waals surface area contributed by atoms with E-state index >= 15 is 0 Å². The Morgan fingerprint density at radius 1 is 0.938 bits per heavy atom. The highest BCUT2D eigenvalue weighted by Gasteiger charge is 2.12. The lowest BCUT2D eigenvalue weighted by atomic mass is 10.1. The molecule has 1 N–H and O–H groups in total. The quantitative estimate of drug-likeness (QED) is 0.455. The number of benzene rings is 3. The lowest BCUT2D eigenvalue weighted by molar-refractivity contribution is 0.0526. The number of hydrogen-bond donors (Lipinski definition) is 1. The molecule has 0 saturated heterocycles. The molecule has 4 aromatic rings. The van der Waals surface area contributed by atoms with Crippen molar-refractivity contribution in [2.75, 3.05) is 11.9 Å². The summed E-state index contributed by atoms with van der Waals surface area (Å²) in [5.41, 5.74) is 3.60. The second kappa shape index (κ2) is 9.22. The normalized spacial score (nSPS) is 10.6. The van der Waals surface area contributed by atoms with Gasteiger partial charge in [0.2, 0.25) is 0 Å². The van der Waals surface area contributed by atoms with Gasteiger partial charge in [-0.25, -0.2) is 13.9 Å². The van der Waals surface area contributed by atoms with Crippen LogP contribution in [0.4, 0.5) is 10.1 Å². The molecule has 0 spiro atoms. The monoisotopic (exact) mass is 430 g/mol. The van der Waals surface area contributed by atoms with Gasteiger partial charge in [0.25, 0.3) is 5.91 Å². The third kappa shape index (κ3) is 4.54. The summed E-state index contributed by atoms with van der Waals surface area (Å²) in [5.74, 6) is -1.02. The molecule has 0 aliphatic heterocycles. The van der Waals surface area contributed by atoms with E-state index in [-0.39, 0.29) is 11.7 Å². The summed E-state index contributed by atoms with van der Waals surface area (Å²) < 4.78 is 19.8. The van der Waals surface area contributed by atoms with E-state index in [1.165, 1.54) is 12.1 Å². The molecule has 1 amide bonds. The van der Waals surface area contributed by atoms with E-state index in [9.17, 15) is 14.0 Å². The predicted molar refractivity (Wildman–Crippen MR) is 117 cm³/mol. The minimum absolute atomic E-state index is 0.294. The van der Waals surface area contributed by atoms with Crippen LogP contribution < -0.4 is 5.32 Å². The van der Waals surface area contributed by atoms with Crippen LogP contribution in [0.2, 0.25) is 0 Å². The molecule has 4 rings (SSSR count). The van der Waals surface area contributed by atoms with Crippen LogP contribution in [0.1, 0.15) is 27.6 Å². The Morgan fingerprint density at radius 2 is 1.59 bits per heavy atom. The van der Waals surface area contributed by atoms with Crippen LogP contribution >= 0.6 is 0 Å². The third-order valence-electron chi connectivity index (χ3n) is 4.72. The van der Waals surface area contributed by atoms with Crippen molar-refractivity contribution in [3.63, 3.8) is 0 Å². The van der Waals surface area contributed by atoms with Crippen LogP contribution in [-0.4, -0.2) is 33.5 Å². The topological polar surface area (TPSA) is 86.1 Å². The zero-order valence-corrected chi connectivity index (χ0v) is 17.2. The molecule has 7 nitrogen and oxygen atoms in total. The summed E-state index contributed by atoms with van der Waals surface area (Å²) in [4.78, 5) is 24.3. The Balaban J connectivity index is 1.47. The summed E-state index contributed by atoms with van der Waals surface area (Å²) in [6.45, 7) is 2.04. The first-order valence-electron chi connectivity index (χ1n) is 9.91. The molecule has 160 valence electrons. The minimum Gasteiger partial charge on any atom is -0.462 e. The molecule has 0 saturated carbocycles. The van der Waals surface area contributed by atoms with Crippen LogP contribution in [0.25, 0.3) is 16.9 Å². The number of rotatable bonds is 6. The molecule has 0 fully saturated rings. The fourth-order valence-corrected chi connectivity index (χ4v) is 3.10. The Labute approximate surface area is 183 Å². The fraction of sp³-hybridized carbons (Fsp3) is 0.0833. The van der Waals surface area contributed by atoms with Gasteiger partial charge in [-0.05, 0) is 79.7 Å². The Morgan fingerprint density at radius 3 is 2.25 bits per heavy atom. The van der Waals surface area contributed by atoms with Crippen molar-refractivity contribution in [3.05, 3.63) is 95.9 Å². The van der Waals surface area contributed by atoms with Crippen LogP contribution in [-0.2, 0) is 4.74 Å². The number of carbonyl (C=O) groups excluding carboxylic acids is 2. The van der Waals surface area contributed by atoms with E-state index in [0.29, 0.717) is 34.8 Å². The number of hydrogen-bond acceptors (Lipinski definition) is 5. The first-order chi connectivity index (χ1) is 15.5. The zero-order valence-electron chi connectivity index (χ0n) is 17.2. The van der Waals surface area contributed by atoms with E-state index in [4.69, 9.17) is 4.74 Å². The van der Waals surface area contributed by atoms with Gasteiger partial charge in [0, 0.05) is 16.8 Å². The molecule has 8 heteroatoms. The summed E-state index contributed by atoms with van der Waals surface area (Å²) in [7, 11) is 0. The van der Waals surface area contributed by atoms with E-state index in [2.05, 4.69) is 15.6 Å². The van der Waals surface area contributed by atoms with Crippen molar-refractivity contribution in [3.8, 4) is 16.9 Å².